The largest absolute Gasteiger partial charge is 0.479 e. The van der Waals surface area contributed by atoms with Crippen molar-refractivity contribution in [1.29, 1.82) is 0 Å². The van der Waals surface area contributed by atoms with Crippen molar-refractivity contribution in [2.75, 3.05) is 0 Å². The number of aryl methyl sites for hydroxylation is 1. The number of rotatable bonds is 4. The van der Waals surface area contributed by atoms with E-state index in [1.165, 1.54) is 0 Å². The molecule has 1 aromatic carbocycles. The molecule has 0 amide bonds. The molecule has 2 rings (SSSR count). The minimum absolute atomic E-state index is 0.0948. The van der Waals surface area contributed by atoms with Crippen LogP contribution in [0.3, 0.4) is 0 Å². The summed E-state index contributed by atoms with van der Waals surface area (Å²) in [6.45, 7) is 3.62. The van der Waals surface area contributed by atoms with Crippen LogP contribution in [0, 0.1) is 6.92 Å². The Bertz CT molecular complexity index is 406. The van der Waals surface area contributed by atoms with Crippen LogP contribution in [0.25, 0.3) is 0 Å². The van der Waals surface area contributed by atoms with E-state index < -0.39 is 11.6 Å². The van der Waals surface area contributed by atoms with Crippen LogP contribution in [0.4, 0.5) is 0 Å². The van der Waals surface area contributed by atoms with E-state index in [4.69, 9.17) is 4.74 Å². The number of aliphatic carboxylic acids is 1. The number of ether oxygens (including phenoxy) is 1. The molecule has 17 heavy (non-hydrogen) atoms. The molecular formula is C14H18O3. The second-order valence-electron chi connectivity index (χ2n) is 4.88. The minimum Gasteiger partial charge on any atom is -0.479 e. The average Bonchev–Trinajstić information content (AvgIpc) is 2.24. The molecular weight excluding hydrogens is 216 g/mol. The zero-order chi connectivity index (χ0) is 12.5. The molecule has 1 N–H and O–H groups in total. The molecule has 1 aliphatic carbocycles. The molecule has 0 aromatic heterocycles. The number of benzene rings is 1. The first-order chi connectivity index (χ1) is 8.02. The predicted molar refractivity (Wildman–Crippen MR) is 64.9 cm³/mol. The molecule has 0 aliphatic heterocycles. The van der Waals surface area contributed by atoms with Gasteiger partial charge in [-0.1, -0.05) is 29.8 Å². The lowest BCUT2D eigenvalue weighted by atomic mass is 9.91. The van der Waals surface area contributed by atoms with Crippen LogP contribution in [0.1, 0.15) is 37.3 Å². The van der Waals surface area contributed by atoms with E-state index >= 15 is 0 Å². The smallest absolute Gasteiger partial charge is 0.340 e. The normalized spacial score (nSPS) is 19.4. The third-order valence-corrected chi connectivity index (χ3v) is 3.47. The Morgan fingerprint density at radius 2 is 1.94 bits per heavy atom. The van der Waals surface area contributed by atoms with E-state index in [0.29, 0.717) is 5.56 Å². The molecule has 1 unspecified atom stereocenters. The van der Waals surface area contributed by atoms with Crippen LogP contribution in [0.2, 0.25) is 0 Å². The predicted octanol–water partition coefficient (Wildman–Crippen LogP) is 2.86. The van der Waals surface area contributed by atoms with Crippen LogP contribution < -0.4 is 0 Å². The summed E-state index contributed by atoms with van der Waals surface area (Å²) in [5.41, 5.74) is 0.603. The lowest BCUT2D eigenvalue weighted by Gasteiger charge is -2.35. The summed E-state index contributed by atoms with van der Waals surface area (Å²) in [5.74, 6) is -0.923. The van der Waals surface area contributed by atoms with Gasteiger partial charge in [-0.3, -0.25) is 0 Å². The maximum absolute atomic E-state index is 11.5. The molecule has 0 saturated heterocycles. The van der Waals surface area contributed by atoms with E-state index in [-0.39, 0.29) is 6.10 Å². The van der Waals surface area contributed by atoms with E-state index in [1.807, 2.05) is 31.2 Å². The number of hydrogen-bond acceptors (Lipinski definition) is 2. The van der Waals surface area contributed by atoms with E-state index in [0.717, 1.165) is 24.8 Å². The molecule has 0 spiro atoms. The summed E-state index contributed by atoms with van der Waals surface area (Å²) in [6.07, 6.45) is 3.16. The highest BCUT2D eigenvalue weighted by Gasteiger charge is 2.40. The molecule has 0 bridgehead atoms. The SMILES string of the molecule is Cc1ccc(C(C)(OC2CCC2)C(=O)O)cc1. The Morgan fingerprint density at radius 1 is 1.35 bits per heavy atom. The Hall–Kier alpha value is -1.35. The Balaban J connectivity index is 2.25. The van der Waals surface area contributed by atoms with Crippen molar-refractivity contribution in [3.8, 4) is 0 Å². The van der Waals surface area contributed by atoms with Gasteiger partial charge in [-0.05, 0) is 38.7 Å². The van der Waals surface area contributed by atoms with Crippen molar-refractivity contribution in [1.82, 2.24) is 0 Å². The van der Waals surface area contributed by atoms with Gasteiger partial charge in [-0.25, -0.2) is 4.79 Å². The van der Waals surface area contributed by atoms with Gasteiger partial charge >= 0.3 is 5.97 Å². The molecule has 1 fully saturated rings. The third-order valence-electron chi connectivity index (χ3n) is 3.47. The molecule has 0 radical (unpaired) electrons. The van der Waals surface area contributed by atoms with Crippen LogP contribution in [0.15, 0.2) is 24.3 Å². The molecule has 3 nitrogen and oxygen atoms in total. The Labute approximate surface area is 101 Å². The number of carboxylic acids is 1. The van der Waals surface area contributed by atoms with Gasteiger partial charge in [-0.2, -0.15) is 0 Å². The maximum atomic E-state index is 11.5. The Morgan fingerprint density at radius 3 is 2.35 bits per heavy atom. The second kappa shape index (κ2) is 4.49. The fourth-order valence-corrected chi connectivity index (χ4v) is 1.94. The first-order valence-corrected chi connectivity index (χ1v) is 6.01. The summed E-state index contributed by atoms with van der Waals surface area (Å²) in [7, 11) is 0. The highest BCUT2D eigenvalue weighted by molar-refractivity contribution is 5.79. The monoisotopic (exact) mass is 234 g/mol. The van der Waals surface area contributed by atoms with Crippen LogP contribution in [0.5, 0.6) is 0 Å². The van der Waals surface area contributed by atoms with E-state index in [2.05, 4.69) is 0 Å². The Kier molecular flexibility index (Phi) is 3.20. The van der Waals surface area contributed by atoms with Crippen molar-refractivity contribution in [2.24, 2.45) is 0 Å². The fraction of sp³-hybridized carbons (Fsp3) is 0.500. The summed E-state index contributed by atoms with van der Waals surface area (Å²) < 4.78 is 5.76. The van der Waals surface area contributed by atoms with Crippen molar-refractivity contribution in [3.63, 3.8) is 0 Å². The topological polar surface area (TPSA) is 46.5 Å². The van der Waals surface area contributed by atoms with E-state index in [1.54, 1.807) is 6.92 Å². The summed E-state index contributed by atoms with van der Waals surface area (Å²) in [6, 6.07) is 7.51. The molecule has 3 heteroatoms. The second-order valence-corrected chi connectivity index (χ2v) is 4.88. The molecule has 1 aliphatic rings. The zero-order valence-electron chi connectivity index (χ0n) is 10.3. The third kappa shape index (κ3) is 2.34. The van der Waals surface area contributed by atoms with Crippen LogP contribution >= 0.6 is 0 Å². The number of carboxylic acid groups (broad SMARTS) is 1. The molecule has 1 aromatic rings. The molecule has 0 heterocycles. The van der Waals surface area contributed by atoms with Gasteiger partial charge in [0.2, 0.25) is 0 Å². The summed E-state index contributed by atoms with van der Waals surface area (Å²) in [4.78, 5) is 11.5. The van der Waals surface area contributed by atoms with Gasteiger partial charge < -0.3 is 9.84 Å². The van der Waals surface area contributed by atoms with Gasteiger partial charge in [0.05, 0.1) is 6.10 Å². The van der Waals surface area contributed by atoms with Crippen molar-refractivity contribution >= 4 is 5.97 Å². The quantitative estimate of drug-likeness (QED) is 0.871. The van der Waals surface area contributed by atoms with Gasteiger partial charge in [0.15, 0.2) is 5.60 Å². The van der Waals surface area contributed by atoms with Gasteiger partial charge in [0, 0.05) is 0 Å². The number of carbonyl (C=O) groups is 1. The van der Waals surface area contributed by atoms with Crippen LogP contribution in [-0.2, 0) is 15.1 Å². The standard InChI is InChI=1S/C14H18O3/c1-10-6-8-11(9-7-10)14(2,13(15)16)17-12-4-3-5-12/h6-9,12H,3-5H2,1-2H3,(H,15,16). The van der Waals surface area contributed by atoms with E-state index in [9.17, 15) is 9.90 Å². The van der Waals surface area contributed by atoms with Gasteiger partial charge in [0.1, 0.15) is 0 Å². The summed E-state index contributed by atoms with van der Waals surface area (Å²) in [5, 5.41) is 9.40. The molecule has 92 valence electrons. The summed E-state index contributed by atoms with van der Waals surface area (Å²) >= 11 is 0. The minimum atomic E-state index is -1.22. The lowest BCUT2D eigenvalue weighted by molar-refractivity contribution is -0.179. The van der Waals surface area contributed by atoms with Crippen molar-refractivity contribution in [2.45, 2.75) is 44.8 Å². The lowest BCUT2D eigenvalue weighted by Crippen LogP contribution is -2.41. The van der Waals surface area contributed by atoms with Gasteiger partial charge in [0.25, 0.3) is 0 Å². The highest BCUT2D eigenvalue weighted by Crippen LogP contribution is 2.33. The maximum Gasteiger partial charge on any atom is 0.340 e. The van der Waals surface area contributed by atoms with Crippen molar-refractivity contribution in [3.05, 3.63) is 35.4 Å². The van der Waals surface area contributed by atoms with Gasteiger partial charge in [-0.15, -0.1) is 0 Å². The number of hydrogen-bond donors (Lipinski definition) is 1. The highest BCUT2D eigenvalue weighted by atomic mass is 16.5. The van der Waals surface area contributed by atoms with Crippen LogP contribution in [-0.4, -0.2) is 17.2 Å². The molecule has 1 saturated carbocycles. The first kappa shape index (κ1) is 12.1. The molecule has 1 atom stereocenters. The fourth-order valence-electron chi connectivity index (χ4n) is 1.94. The van der Waals surface area contributed by atoms with Crippen molar-refractivity contribution < 1.29 is 14.6 Å². The zero-order valence-corrected chi connectivity index (χ0v) is 10.3. The first-order valence-electron chi connectivity index (χ1n) is 6.01. The average molecular weight is 234 g/mol.